The summed E-state index contributed by atoms with van der Waals surface area (Å²) in [6, 6.07) is 7.65. The Morgan fingerprint density at radius 2 is 2.00 bits per heavy atom. The van der Waals surface area contributed by atoms with Crippen LogP contribution >= 0.6 is 23.4 Å². The second kappa shape index (κ2) is 4.94. The quantitative estimate of drug-likeness (QED) is 0.845. The van der Waals surface area contributed by atoms with E-state index in [-0.39, 0.29) is 0 Å². The van der Waals surface area contributed by atoms with E-state index in [1.54, 1.807) is 11.8 Å². The van der Waals surface area contributed by atoms with E-state index in [4.69, 9.17) is 17.3 Å². The molecule has 0 saturated carbocycles. The monoisotopic (exact) mass is 265 g/mol. The number of aryl methyl sites for hydroxylation is 1. The van der Waals surface area contributed by atoms with Gasteiger partial charge in [-0.2, -0.15) is 0 Å². The number of nitrogens with two attached hydrogens (primary N) is 1. The lowest BCUT2D eigenvalue weighted by Crippen LogP contribution is -2.01. The summed E-state index contributed by atoms with van der Waals surface area (Å²) in [5.41, 5.74) is 6.72. The molecule has 0 radical (unpaired) electrons. The van der Waals surface area contributed by atoms with Crippen molar-refractivity contribution in [2.45, 2.75) is 23.8 Å². The van der Waals surface area contributed by atoms with Gasteiger partial charge in [0.15, 0.2) is 0 Å². The molecule has 88 valence electrons. The summed E-state index contributed by atoms with van der Waals surface area (Å²) in [5.74, 6) is 1.21. The van der Waals surface area contributed by atoms with Crippen molar-refractivity contribution in [2.24, 2.45) is 0 Å². The Kier molecular flexibility index (Phi) is 3.54. The molecule has 0 bridgehead atoms. The van der Waals surface area contributed by atoms with Crippen LogP contribution in [-0.2, 0) is 0 Å². The van der Waals surface area contributed by atoms with E-state index in [9.17, 15) is 0 Å². The van der Waals surface area contributed by atoms with Crippen LogP contribution in [0.4, 0.5) is 5.82 Å². The maximum atomic E-state index is 5.94. The van der Waals surface area contributed by atoms with Crippen LogP contribution < -0.4 is 5.73 Å². The molecule has 0 unspecified atom stereocenters. The van der Waals surface area contributed by atoms with Gasteiger partial charge in [-0.25, -0.2) is 9.97 Å². The molecule has 0 aliphatic heterocycles. The Morgan fingerprint density at radius 1 is 1.24 bits per heavy atom. The molecule has 5 heteroatoms. The number of hydrogen-bond acceptors (Lipinski definition) is 4. The van der Waals surface area contributed by atoms with Crippen molar-refractivity contribution >= 4 is 29.2 Å². The number of nitrogens with zero attached hydrogens (tertiary/aromatic N) is 2. The van der Waals surface area contributed by atoms with Crippen molar-refractivity contribution in [1.29, 1.82) is 0 Å². The van der Waals surface area contributed by atoms with Crippen LogP contribution in [0.3, 0.4) is 0 Å². The van der Waals surface area contributed by atoms with Gasteiger partial charge in [-0.15, -0.1) is 0 Å². The number of benzene rings is 1. The number of hydrogen-bond donors (Lipinski definition) is 1. The second-order valence-electron chi connectivity index (χ2n) is 3.65. The molecular weight excluding hydrogens is 254 g/mol. The molecule has 0 aliphatic carbocycles. The van der Waals surface area contributed by atoms with Crippen LogP contribution in [0.2, 0.25) is 5.02 Å². The van der Waals surface area contributed by atoms with Crippen LogP contribution in [0, 0.1) is 13.8 Å². The zero-order valence-electron chi connectivity index (χ0n) is 9.57. The van der Waals surface area contributed by atoms with Crippen LogP contribution in [0.1, 0.15) is 11.4 Å². The van der Waals surface area contributed by atoms with Gasteiger partial charge >= 0.3 is 0 Å². The highest BCUT2D eigenvalue weighted by atomic mass is 35.5. The van der Waals surface area contributed by atoms with E-state index >= 15 is 0 Å². The molecule has 0 atom stereocenters. The third-order valence-corrected chi connectivity index (χ3v) is 3.58. The summed E-state index contributed by atoms with van der Waals surface area (Å²) >= 11 is 7.48. The Hall–Kier alpha value is -1.26. The zero-order chi connectivity index (χ0) is 12.4. The lowest BCUT2D eigenvalue weighted by atomic mass is 10.3. The number of anilines is 1. The molecule has 2 aromatic rings. The van der Waals surface area contributed by atoms with E-state index in [1.165, 1.54) is 0 Å². The first-order chi connectivity index (χ1) is 8.06. The smallest absolute Gasteiger partial charge is 0.131 e. The summed E-state index contributed by atoms with van der Waals surface area (Å²) in [6.07, 6.45) is 0. The van der Waals surface area contributed by atoms with E-state index < -0.39 is 0 Å². The standard InChI is InChI=1S/C12H12ClN3S/c1-7-11(14)15-8(2)16-12(7)17-10-5-3-4-9(13)6-10/h3-6H,1-2H3,(H2,14,15,16). The summed E-state index contributed by atoms with van der Waals surface area (Å²) in [6.45, 7) is 3.75. The van der Waals surface area contributed by atoms with Gasteiger partial charge in [0.25, 0.3) is 0 Å². The minimum Gasteiger partial charge on any atom is -0.383 e. The van der Waals surface area contributed by atoms with Crippen molar-refractivity contribution < 1.29 is 0 Å². The molecule has 2 rings (SSSR count). The molecule has 2 N–H and O–H groups in total. The van der Waals surface area contributed by atoms with Crippen LogP contribution in [-0.4, -0.2) is 9.97 Å². The Labute approximate surface area is 109 Å². The van der Waals surface area contributed by atoms with Crippen molar-refractivity contribution in [3.63, 3.8) is 0 Å². The van der Waals surface area contributed by atoms with Gasteiger partial charge in [0.2, 0.25) is 0 Å². The first kappa shape index (κ1) is 12.2. The summed E-state index contributed by atoms with van der Waals surface area (Å²) in [4.78, 5) is 9.55. The highest BCUT2D eigenvalue weighted by molar-refractivity contribution is 7.99. The molecule has 1 heterocycles. The van der Waals surface area contributed by atoms with Crippen LogP contribution in [0.25, 0.3) is 0 Å². The molecule has 1 aromatic carbocycles. The van der Waals surface area contributed by atoms with Crippen LogP contribution in [0.15, 0.2) is 34.2 Å². The van der Waals surface area contributed by atoms with Gasteiger partial charge in [0, 0.05) is 15.5 Å². The van der Waals surface area contributed by atoms with E-state index in [0.29, 0.717) is 16.7 Å². The molecule has 17 heavy (non-hydrogen) atoms. The fraction of sp³-hybridized carbons (Fsp3) is 0.167. The van der Waals surface area contributed by atoms with Gasteiger partial charge in [-0.1, -0.05) is 29.4 Å². The highest BCUT2D eigenvalue weighted by Gasteiger charge is 2.08. The van der Waals surface area contributed by atoms with Gasteiger partial charge in [-0.3, -0.25) is 0 Å². The third-order valence-electron chi connectivity index (χ3n) is 2.26. The minimum absolute atomic E-state index is 0.530. The predicted octanol–water partition coefficient (Wildman–Crippen LogP) is 3.48. The third kappa shape index (κ3) is 2.90. The van der Waals surface area contributed by atoms with Gasteiger partial charge in [-0.05, 0) is 32.0 Å². The summed E-state index contributed by atoms with van der Waals surface area (Å²) < 4.78 is 0. The molecule has 0 aliphatic rings. The fourth-order valence-corrected chi connectivity index (χ4v) is 2.61. The molecule has 3 nitrogen and oxygen atoms in total. The summed E-state index contributed by atoms with van der Waals surface area (Å²) in [7, 11) is 0. The Morgan fingerprint density at radius 3 is 2.71 bits per heavy atom. The Bertz CT molecular complexity index is 557. The molecule has 0 saturated heterocycles. The maximum Gasteiger partial charge on any atom is 0.131 e. The predicted molar refractivity (Wildman–Crippen MR) is 71.5 cm³/mol. The molecule has 0 spiro atoms. The van der Waals surface area contributed by atoms with Crippen molar-refractivity contribution in [2.75, 3.05) is 5.73 Å². The van der Waals surface area contributed by atoms with E-state index in [1.807, 2.05) is 38.1 Å². The van der Waals surface area contributed by atoms with Crippen molar-refractivity contribution in [3.8, 4) is 0 Å². The van der Waals surface area contributed by atoms with Crippen LogP contribution in [0.5, 0.6) is 0 Å². The topological polar surface area (TPSA) is 51.8 Å². The first-order valence-electron chi connectivity index (χ1n) is 5.10. The first-order valence-corrected chi connectivity index (χ1v) is 6.30. The SMILES string of the molecule is Cc1nc(N)c(C)c(Sc2cccc(Cl)c2)n1. The molecule has 0 amide bonds. The lowest BCUT2D eigenvalue weighted by molar-refractivity contribution is 0.947. The number of nitrogen functional groups attached to an aromatic ring is 1. The van der Waals surface area contributed by atoms with Crippen molar-refractivity contribution in [3.05, 3.63) is 40.7 Å². The molecule has 1 aromatic heterocycles. The second-order valence-corrected chi connectivity index (χ2v) is 5.14. The molecular formula is C12H12ClN3S. The summed E-state index contributed by atoms with van der Waals surface area (Å²) in [5, 5.41) is 1.59. The minimum atomic E-state index is 0.530. The fourth-order valence-electron chi connectivity index (χ4n) is 1.37. The van der Waals surface area contributed by atoms with Gasteiger partial charge < -0.3 is 5.73 Å². The van der Waals surface area contributed by atoms with Gasteiger partial charge in [0.05, 0.1) is 0 Å². The number of halogens is 1. The maximum absolute atomic E-state index is 5.94. The van der Waals surface area contributed by atoms with Crippen molar-refractivity contribution in [1.82, 2.24) is 9.97 Å². The Balaban J connectivity index is 2.36. The highest BCUT2D eigenvalue weighted by Crippen LogP contribution is 2.31. The van der Waals surface area contributed by atoms with E-state index in [0.717, 1.165) is 15.5 Å². The average Bonchev–Trinajstić information content (AvgIpc) is 2.25. The number of rotatable bonds is 2. The number of aromatic nitrogens is 2. The lowest BCUT2D eigenvalue weighted by Gasteiger charge is -2.07. The van der Waals surface area contributed by atoms with E-state index in [2.05, 4.69) is 9.97 Å². The van der Waals surface area contributed by atoms with Gasteiger partial charge in [0.1, 0.15) is 16.7 Å². The molecule has 0 fully saturated rings. The zero-order valence-corrected chi connectivity index (χ0v) is 11.1. The largest absolute Gasteiger partial charge is 0.383 e. The average molecular weight is 266 g/mol. The normalized spacial score (nSPS) is 10.5.